The number of hydrogen-bond acceptors (Lipinski definition) is 3. The van der Waals surface area contributed by atoms with Gasteiger partial charge in [-0.15, -0.1) is 0 Å². The van der Waals surface area contributed by atoms with Gasteiger partial charge in [0, 0.05) is 6.54 Å². The number of benzene rings is 2. The molecule has 0 aromatic heterocycles. The van der Waals surface area contributed by atoms with E-state index in [1.165, 1.54) is 19.1 Å². The van der Waals surface area contributed by atoms with Crippen molar-refractivity contribution in [3.63, 3.8) is 0 Å². The first-order valence-electron chi connectivity index (χ1n) is 8.17. The van der Waals surface area contributed by atoms with Crippen molar-refractivity contribution in [2.45, 2.75) is 33.3 Å². The molecule has 1 atom stereocenters. The third-order valence-corrected chi connectivity index (χ3v) is 3.88. The van der Waals surface area contributed by atoms with Gasteiger partial charge in [0.15, 0.2) is 6.10 Å². The summed E-state index contributed by atoms with van der Waals surface area (Å²) in [4.78, 5) is 24.2. The molecule has 0 aliphatic carbocycles. The van der Waals surface area contributed by atoms with Crippen LogP contribution < -0.4 is 5.32 Å². The first-order valence-corrected chi connectivity index (χ1v) is 8.17. The molecule has 0 aliphatic rings. The molecule has 0 spiro atoms. The van der Waals surface area contributed by atoms with Crippen LogP contribution in [0.3, 0.4) is 0 Å². The third-order valence-electron chi connectivity index (χ3n) is 3.88. The Labute approximate surface area is 147 Å². The molecular formula is C20H22FNO3. The largest absolute Gasteiger partial charge is 0.449 e. The summed E-state index contributed by atoms with van der Waals surface area (Å²) in [5, 5.41) is 2.72. The van der Waals surface area contributed by atoms with Crippen LogP contribution in [0.2, 0.25) is 0 Å². The maximum atomic E-state index is 12.8. The molecule has 0 heterocycles. The number of carbonyl (C=O) groups excluding carboxylic acids is 2. The summed E-state index contributed by atoms with van der Waals surface area (Å²) in [7, 11) is 0. The van der Waals surface area contributed by atoms with E-state index in [9.17, 15) is 14.0 Å². The molecule has 0 aliphatic heterocycles. The highest BCUT2D eigenvalue weighted by molar-refractivity contribution is 5.93. The van der Waals surface area contributed by atoms with Crippen LogP contribution in [-0.4, -0.2) is 24.5 Å². The highest BCUT2D eigenvalue weighted by Crippen LogP contribution is 2.13. The van der Waals surface area contributed by atoms with E-state index < -0.39 is 12.1 Å². The van der Waals surface area contributed by atoms with Crippen LogP contribution in [0.1, 0.15) is 34.0 Å². The first-order chi connectivity index (χ1) is 11.9. The second-order valence-electron chi connectivity index (χ2n) is 6.03. The van der Waals surface area contributed by atoms with Crippen molar-refractivity contribution < 1.29 is 18.7 Å². The number of halogens is 1. The van der Waals surface area contributed by atoms with Gasteiger partial charge in [0.05, 0.1) is 5.56 Å². The molecule has 0 fully saturated rings. The number of esters is 1. The minimum atomic E-state index is -0.888. The Morgan fingerprint density at radius 1 is 1.12 bits per heavy atom. The van der Waals surface area contributed by atoms with Crippen LogP contribution in [0.25, 0.3) is 0 Å². The molecule has 25 heavy (non-hydrogen) atoms. The van der Waals surface area contributed by atoms with Crippen molar-refractivity contribution in [1.82, 2.24) is 5.32 Å². The van der Waals surface area contributed by atoms with Gasteiger partial charge in [-0.2, -0.15) is 0 Å². The van der Waals surface area contributed by atoms with Crippen LogP contribution in [0.15, 0.2) is 42.5 Å². The minimum Gasteiger partial charge on any atom is -0.449 e. The minimum absolute atomic E-state index is 0.292. The molecule has 0 radical (unpaired) electrons. The zero-order valence-electron chi connectivity index (χ0n) is 14.6. The van der Waals surface area contributed by atoms with Crippen LogP contribution in [0.5, 0.6) is 0 Å². The maximum Gasteiger partial charge on any atom is 0.339 e. The Morgan fingerprint density at radius 2 is 1.80 bits per heavy atom. The molecule has 4 nitrogen and oxygen atoms in total. The van der Waals surface area contributed by atoms with E-state index in [1.807, 2.05) is 26.0 Å². The molecule has 0 saturated carbocycles. The van der Waals surface area contributed by atoms with Gasteiger partial charge < -0.3 is 10.1 Å². The van der Waals surface area contributed by atoms with Crippen LogP contribution >= 0.6 is 0 Å². The molecule has 1 N–H and O–H groups in total. The summed E-state index contributed by atoms with van der Waals surface area (Å²) in [6.45, 7) is 5.70. The summed E-state index contributed by atoms with van der Waals surface area (Å²) in [6, 6.07) is 11.5. The number of ether oxygens (including phenoxy) is 1. The number of carbonyl (C=O) groups is 2. The van der Waals surface area contributed by atoms with Gasteiger partial charge in [0.2, 0.25) is 0 Å². The molecule has 2 rings (SSSR count). The maximum absolute atomic E-state index is 12.8. The monoisotopic (exact) mass is 343 g/mol. The fourth-order valence-corrected chi connectivity index (χ4v) is 2.45. The molecule has 0 bridgehead atoms. The predicted molar refractivity (Wildman–Crippen MR) is 93.9 cm³/mol. The van der Waals surface area contributed by atoms with Crippen molar-refractivity contribution in [2.24, 2.45) is 0 Å². The fraction of sp³-hybridized carbons (Fsp3) is 0.300. The Hall–Kier alpha value is -2.69. The van der Waals surface area contributed by atoms with Crippen molar-refractivity contribution in [3.8, 4) is 0 Å². The molecular weight excluding hydrogens is 321 g/mol. The zero-order chi connectivity index (χ0) is 18.4. The highest BCUT2D eigenvalue weighted by atomic mass is 19.1. The predicted octanol–water partition coefficient (Wildman–Crippen LogP) is 3.35. The molecule has 132 valence electrons. The van der Waals surface area contributed by atoms with Crippen molar-refractivity contribution in [3.05, 3.63) is 70.5 Å². The van der Waals surface area contributed by atoms with E-state index in [0.29, 0.717) is 18.5 Å². The van der Waals surface area contributed by atoms with Gasteiger partial charge in [0.25, 0.3) is 5.91 Å². The van der Waals surface area contributed by atoms with Gasteiger partial charge in [-0.25, -0.2) is 9.18 Å². The summed E-state index contributed by atoms with van der Waals surface area (Å²) in [5.74, 6) is -1.17. The lowest BCUT2D eigenvalue weighted by Crippen LogP contribution is -2.37. The summed E-state index contributed by atoms with van der Waals surface area (Å²) >= 11 is 0. The standard InChI is InChI=1S/C20H22FNO3/c1-13-4-9-18(14(2)12-13)20(24)25-15(3)19(23)22-11-10-16-5-7-17(21)8-6-16/h4-9,12,15H,10-11H2,1-3H3,(H,22,23)/t15-/m0/s1. The lowest BCUT2D eigenvalue weighted by molar-refractivity contribution is -0.129. The Kier molecular flexibility index (Phi) is 6.28. The van der Waals surface area contributed by atoms with E-state index in [0.717, 1.165) is 16.7 Å². The second kappa shape index (κ2) is 8.42. The van der Waals surface area contributed by atoms with Crippen molar-refractivity contribution >= 4 is 11.9 Å². The lowest BCUT2D eigenvalue weighted by Gasteiger charge is -2.14. The average Bonchev–Trinajstić information content (AvgIpc) is 2.56. The van der Waals surface area contributed by atoms with E-state index in [2.05, 4.69) is 5.32 Å². The lowest BCUT2D eigenvalue weighted by atomic mass is 10.1. The normalized spacial score (nSPS) is 11.7. The van der Waals surface area contributed by atoms with Crippen LogP contribution in [0.4, 0.5) is 4.39 Å². The highest BCUT2D eigenvalue weighted by Gasteiger charge is 2.19. The second-order valence-corrected chi connectivity index (χ2v) is 6.03. The van der Waals surface area contributed by atoms with Gasteiger partial charge >= 0.3 is 5.97 Å². The number of hydrogen-bond donors (Lipinski definition) is 1. The third kappa shape index (κ3) is 5.41. The number of nitrogens with one attached hydrogen (secondary N) is 1. The molecule has 1 amide bonds. The number of amides is 1. The zero-order valence-corrected chi connectivity index (χ0v) is 14.6. The summed E-state index contributed by atoms with van der Waals surface area (Å²) < 4.78 is 18.1. The van der Waals surface area contributed by atoms with Crippen LogP contribution in [0, 0.1) is 19.7 Å². The molecule has 2 aromatic carbocycles. The Bertz CT molecular complexity index is 756. The SMILES string of the molecule is Cc1ccc(C(=O)O[C@@H](C)C(=O)NCCc2ccc(F)cc2)c(C)c1. The smallest absolute Gasteiger partial charge is 0.339 e. The van der Waals surface area contributed by atoms with Gasteiger partial charge in [-0.05, 0) is 56.5 Å². The Morgan fingerprint density at radius 3 is 2.44 bits per heavy atom. The average molecular weight is 343 g/mol. The topological polar surface area (TPSA) is 55.4 Å². The quantitative estimate of drug-likeness (QED) is 0.819. The fourth-order valence-electron chi connectivity index (χ4n) is 2.45. The van der Waals surface area contributed by atoms with Crippen LogP contribution in [-0.2, 0) is 16.0 Å². The number of aryl methyl sites for hydroxylation is 2. The molecule has 0 saturated heterocycles. The van der Waals surface area contributed by atoms with Crippen molar-refractivity contribution in [1.29, 1.82) is 0 Å². The molecule has 0 unspecified atom stereocenters. The van der Waals surface area contributed by atoms with Gasteiger partial charge in [-0.3, -0.25) is 4.79 Å². The Balaban J connectivity index is 1.83. The van der Waals surface area contributed by atoms with Gasteiger partial charge in [-0.1, -0.05) is 29.8 Å². The summed E-state index contributed by atoms with van der Waals surface area (Å²) in [6.07, 6.45) is -0.314. The van der Waals surface area contributed by atoms with E-state index in [-0.39, 0.29) is 11.7 Å². The first kappa shape index (κ1) is 18.6. The van der Waals surface area contributed by atoms with E-state index in [4.69, 9.17) is 4.74 Å². The van der Waals surface area contributed by atoms with Crippen molar-refractivity contribution in [2.75, 3.05) is 6.54 Å². The van der Waals surface area contributed by atoms with E-state index >= 15 is 0 Å². The molecule has 5 heteroatoms. The van der Waals surface area contributed by atoms with Gasteiger partial charge in [0.1, 0.15) is 5.82 Å². The number of rotatable bonds is 6. The summed E-state index contributed by atoms with van der Waals surface area (Å²) in [5.41, 5.74) is 3.24. The van der Waals surface area contributed by atoms with E-state index in [1.54, 1.807) is 18.2 Å². The molecule has 2 aromatic rings.